The van der Waals surface area contributed by atoms with Crippen LogP contribution in [0.2, 0.25) is 5.02 Å². The summed E-state index contributed by atoms with van der Waals surface area (Å²) in [6.07, 6.45) is 4.17. The first-order valence-electron chi connectivity index (χ1n) is 11.3. The van der Waals surface area contributed by atoms with Crippen molar-refractivity contribution in [2.45, 2.75) is 47.0 Å². The van der Waals surface area contributed by atoms with Gasteiger partial charge in [0.1, 0.15) is 5.57 Å². The van der Waals surface area contributed by atoms with Crippen LogP contribution in [0, 0.1) is 13.8 Å². The number of carbonyl (C=O) groups is 2. The largest absolute Gasteiger partial charge is 0.858 e. The molecule has 34 heavy (non-hydrogen) atoms. The summed E-state index contributed by atoms with van der Waals surface area (Å²) in [4.78, 5) is 28.3. The number of nitrogens with zero attached hydrogens (tertiary/aromatic N) is 4. The van der Waals surface area contributed by atoms with Crippen molar-refractivity contribution in [1.29, 1.82) is 0 Å². The molecule has 0 spiro atoms. The Kier molecular flexibility index (Phi) is 6.32. The number of hydrogen-bond acceptors (Lipinski definition) is 4. The van der Waals surface area contributed by atoms with Crippen molar-refractivity contribution >= 4 is 34.7 Å². The molecule has 0 fully saturated rings. The Morgan fingerprint density at radius 3 is 2.47 bits per heavy atom. The summed E-state index contributed by atoms with van der Waals surface area (Å²) in [6.45, 7) is 9.89. The van der Waals surface area contributed by atoms with E-state index in [0.29, 0.717) is 22.8 Å². The highest BCUT2D eigenvalue weighted by atomic mass is 35.5. The van der Waals surface area contributed by atoms with Gasteiger partial charge < -0.3 is 5.11 Å². The fraction of sp³-hybridized carbons (Fsp3) is 0.308. The number of halogens is 1. The highest BCUT2D eigenvalue weighted by Crippen LogP contribution is 2.39. The number of hydrogen-bond donors (Lipinski definition) is 0. The summed E-state index contributed by atoms with van der Waals surface area (Å²) in [6, 6.07) is 8.70. The molecule has 2 amide bonds. The number of benzene rings is 1. The Hall–Kier alpha value is -3.45. The number of imide groups is 1. The second kappa shape index (κ2) is 9.06. The topological polar surface area (TPSA) is 82.1 Å². The second-order valence-corrected chi connectivity index (χ2v) is 9.25. The first-order chi connectivity index (χ1) is 16.1. The van der Waals surface area contributed by atoms with Crippen molar-refractivity contribution < 1.29 is 19.3 Å². The lowest BCUT2D eigenvalue weighted by Gasteiger charge is -2.15. The van der Waals surface area contributed by atoms with Crippen molar-refractivity contribution in [3.63, 3.8) is 0 Å². The standard InChI is InChI=1S/C26H27ClN4O3/c1-6-11-30-24(32)21(23(26(30)34)29-12-10-16(4)17(5)14-29)20-22(15(2)3)28-31(25(20)33)19-9-7-8-18(27)13-19/h7-10,12-15H,6,11H2,1-5H3. The zero-order valence-corrected chi connectivity index (χ0v) is 20.7. The van der Waals surface area contributed by atoms with E-state index in [4.69, 9.17) is 11.6 Å². The predicted molar refractivity (Wildman–Crippen MR) is 128 cm³/mol. The van der Waals surface area contributed by atoms with Crippen LogP contribution in [0.25, 0.3) is 17.0 Å². The lowest BCUT2D eigenvalue weighted by Crippen LogP contribution is -2.40. The van der Waals surface area contributed by atoms with Gasteiger partial charge in [-0.3, -0.25) is 14.5 Å². The molecule has 0 N–H and O–H groups in total. The molecular formula is C26H27ClN4O3. The molecule has 176 valence electrons. The molecule has 3 heterocycles. The molecule has 1 aliphatic heterocycles. The third-order valence-corrected chi connectivity index (χ3v) is 6.24. The molecule has 0 radical (unpaired) electrons. The van der Waals surface area contributed by atoms with Gasteiger partial charge in [-0.2, -0.15) is 9.67 Å². The van der Waals surface area contributed by atoms with Crippen LogP contribution in [0.4, 0.5) is 0 Å². The zero-order chi connectivity index (χ0) is 24.7. The van der Waals surface area contributed by atoms with Crippen LogP contribution in [0.5, 0.6) is 5.88 Å². The number of carbonyl (C=O) groups excluding carboxylic acids is 2. The average molecular weight is 479 g/mol. The van der Waals surface area contributed by atoms with E-state index in [1.54, 1.807) is 35.0 Å². The van der Waals surface area contributed by atoms with E-state index in [9.17, 15) is 14.7 Å². The van der Waals surface area contributed by atoms with Gasteiger partial charge in [-0.15, -0.1) is 0 Å². The van der Waals surface area contributed by atoms with Crippen LogP contribution in [0.3, 0.4) is 0 Å². The number of pyridine rings is 1. The van der Waals surface area contributed by atoms with Crippen LogP contribution in [-0.2, 0) is 9.59 Å². The lowest BCUT2D eigenvalue weighted by molar-refractivity contribution is -0.577. The maximum Gasteiger partial charge on any atom is 0.326 e. The second-order valence-electron chi connectivity index (χ2n) is 8.82. The van der Waals surface area contributed by atoms with E-state index in [1.165, 1.54) is 9.58 Å². The molecule has 0 atom stereocenters. The van der Waals surface area contributed by atoms with E-state index in [1.807, 2.05) is 46.9 Å². The van der Waals surface area contributed by atoms with Crippen LogP contribution >= 0.6 is 11.6 Å². The fourth-order valence-corrected chi connectivity index (χ4v) is 4.30. The predicted octanol–water partition coefficient (Wildman–Crippen LogP) is 3.77. The van der Waals surface area contributed by atoms with Crippen molar-refractivity contribution in [3.05, 3.63) is 70.1 Å². The maximum absolute atomic E-state index is 13.7. The summed E-state index contributed by atoms with van der Waals surface area (Å²) in [5.74, 6) is -1.51. The van der Waals surface area contributed by atoms with Crippen LogP contribution in [-0.4, -0.2) is 33.0 Å². The minimum absolute atomic E-state index is 0.0914. The minimum Gasteiger partial charge on any atom is -0.858 e. The van der Waals surface area contributed by atoms with Crippen molar-refractivity contribution in [3.8, 4) is 11.6 Å². The molecule has 0 unspecified atom stereocenters. The minimum atomic E-state index is -0.475. The lowest BCUT2D eigenvalue weighted by atomic mass is 9.98. The summed E-state index contributed by atoms with van der Waals surface area (Å²) in [5.41, 5.74) is 3.40. The molecule has 1 aromatic carbocycles. The molecule has 8 heteroatoms. The first kappa shape index (κ1) is 23.7. The zero-order valence-electron chi connectivity index (χ0n) is 19.9. The van der Waals surface area contributed by atoms with Gasteiger partial charge in [0.05, 0.1) is 11.4 Å². The summed E-state index contributed by atoms with van der Waals surface area (Å²) >= 11 is 6.15. The Labute approximate surface area is 203 Å². The summed E-state index contributed by atoms with van der Waals surface area (Å²) in [7, 11) is 0. The summed E-state index contributed by atoms with van der Waals surface area (Å²) < 4.78 is 2.90. The monoisotopic (exact) mass is 478 g/mol. The molecule has 1 aliphatic rings. The van der Waals surface area contributed by atoms with Crippen molar-refractivity contribution in [1.82, 2.24) is 14.7 Å². The first-order valence-corrected chi connectivity index (χ1v) is 11.7. The normalized spacial score (nSPS) is 14.1. The smallest absolute Gasteiger partial charge is 0.326 e. The molecule has 3 aromatic rings. The molecule has 0 bridgehead atoms. The van der Waals surface area contributed by atoms with Crippen LogP contribution in [0.1, 0.15) is 55.5 Å². The van der Waals surface area contributed by atoms with Gasteiger partial charge in [-0.1, -0.05) is 38.4 Å². The average Bonchev–Trinajstić information content (AvgIpc) is 3.25. The van der Waals surface area contributed by atoms with E-state index < -0.39 is 17.7 Å². The van der Waals surface area contributed by atoms with Gasteiger partial charge in [0.25, 0.3) is 11.6 Å². The molecule has 2 aromatic heterocycles. The molecular weight excluding hydrogens is 452 g/mol. The third-order valence-electron chi connectivity index (χ3n) is 6.01. The van der Waals surface area contributed by atoms with E-state index in [0.717, 1.165) is 11.1 Å². The number of amides is 2. The number of rotatable bonds is 6. The van der Waals surface area contributed by atoms with Gasteiger partial charge in [0.2, 0.25) is 0 Å². The maximum atomic E-state index is 13.7. The Morgan fingerprint density at radius 1 is 1.12 bits per heavy atom. The molecule has 0 saturated carbocycles. The SMILES string of the molecule is CCCN1C(=O)C(c2c(C(C)C)nn(-c3cccc(Cl)c3)c2[O-])=C([n+]2ccc(C)c(C)c2)C1=O. The van der Waals surface area contributed by atoms with Gasteiger partial charge in [-0.05, 0) is 55.8 Å². The number of aromatic nitrogens is 3. The fourth-order valence-electron chi connectivity index (χ4n) is 4.11. The highest BCUT2D eigenvalue weighted by Gasteiger charge is 2.46. The van der Waals surface area contributed by atoms with Gasteiger partial charge in [0, 0.05) is 28.8 Å². The highest BCUT2D eigenvalue weighted by molar-refractivity contribution is 6.45. The van der Waals surface area contributed by atoms with Gasteiger partial charge in [0.15, 0.2) is 12.4 Å². The van der Waals surface area contributed by atoms with E-state index in [-0.39, 0.29) is 29.3 Å². The Morgan fingerprint density at radius 2 is 1.85 bits per heavy atom. The van der Waals surface area contributed by atoms with Gasteiger partial charge in [-0.25, -0.2) is 4.68 Å². The molecule has 7 nitrogen and oxygen atoms in total. The van der Waals surface area contributed by atoms with Crippen molar-refractivity contribution in [2.24, 2.45) is 0 Å². The quantitative estimate of drug-likeness (QED) is 0.399. The summed E-state index contributed by atoms with van der Waals surface area (Å²) in [5, 5.41) is 18.8. The Balaban J connectivity index is 2.04. The van der Waals surface area contributed by atoms with Crippen LogP contribution < -0.4 is 9.67 Å². The van der Waals surface area contributed by atoms with E-state index >= 15 is 0 Å². The van der Waals surface area contributed by atoms with Crippen molar-refractivity contribution in [2.75, 3.05) is 6.54 Å². The van der Waals surface area contributed by atoms with Gasteiger partial charge >= 0.3 is 5.91 Å². The molecule has 4 rings (SSSR count). The third kappa shape index (κ3) is 3.90. The number of aryl methyl sites for hydroxylation is 2. The molecule has 0 saturated heterocycles. The van der Waals surface area contributed by atoms with Crippen LogP contribution in [0.15, 0.2) is 42.7 Å². The molecule has 0 aliphatic carbocycles. The Bertz CT molecular complexity index is 1340. The van der Waals surface area contributed by atoms with E-state index in [2.05, 4.69) is 5.10 Å².